The highest BCUT2D eigenvalue weighted by molar-refractivity contribution is 6.31. The fourth-order valence-electron chi connectivity index (χ4n) is 3.64. The van der Waals surface area contributed by atoms with Crippen molar-refractivity contribution in [3.05, 3.63) is 63.6 Å². The highest BCUT2D eigenvalue weighted by Crippen LogP contribution is 2.33. The molecule has 0 amide bonds. The highest BCUT2D eigenvalue weighted by atomic mass is 35.5. The Kier molecular flexibility index (Phi) is 4.44. The smallest absolute Gasteiger partial charge is 0.131 e. The minimum absolute atomic E-state index is 0.417. The van der Waals surface area contributed by atoms with E-state index in [1.165, 1.54) is 16.6 Å². The van der Waals surface area contributed by atoms with Gasteiger partial charge < -0.3 is 9.47 Å². The van der Waals surface area contributed by atoms with Crippen molar-refractivity contribution in [2.24, 2.45) is 7.05 Å². The average Bonchev–Trinajstić information content (AvgIpc) is 2.92. The molecular formula is C21H19ClFN3. The molecule has 3 nitrogen and oxygen atoms in total. The number of hydrogen-bond donors (Lipinski definition) is 0. The molecule has 26 heavy (non-hydrogen) atoms. The summed E-state index contributed by atoms with van der Waals surface area (Å²) in [7, 11) is 4.24. The molecule has 0 unspecified atom stereocenters. The molecule has 1 aliphatic heterocycles. The van der Waals surface area contributed by atoms with Crippen LogP contribution in [0.15, 0.2) is 30.5 Å². The van der Waals surface area contributed by atoms with Crippen molar-refractivity contribution < 1.29 is 4.39 Å². The van der Waals surface area contributed by atoms with Gasteiger partial charge in [-0.3, -0.25) is 4.98 Å². The molecule has 4 rings (SSSR count). The zero-order valence-electron chi connectivity index (χ0n) is 14.8. The molecule has 0 N–H and O–H groups in total. The van der Waals surface area contributed by atoms with E-state index in [0.29, 0.717) is 10.7 Å². The lowest BCUT2D eigenvalue weighted by atomic mass is 10.0. The topological polar surface area (TPSA) is 21.1 Å². The van der Waals surface area contributed by atoms with Crippen molar-refractivity contribution in [2.75, 3.05) is 13.6 Å². The number of aryl methyl sites for hydroxylation is 1. The van der Waals surface area contributed by atoms with Crippen LogP contribution < -0.4 is 0 Å². The molecular weight excluding hydrogens is 349 g/mol. The largest absolute Gasteiger partial charge is 0.346 e. The molecule has 5 heteroatoms. The first kappa shape index (κ1) is 17.1. The maximum atomic E-state index is 12.6. The lowest BCUT2D eigenvalue weighted by Gasteiger charge is -2.23. The summed E-state index contributed by atoms with van der Waals surface area (Å²) in [4.78, 5) is 6.38. The molecule has 1 aliphatic rings. The van der Waals surface area contributed by atoms with Crippen molar-refractivity contribution in [3.8, 4) is 11.8 Å². The third-order valence-electron chi connectivity index (χ3n) is 4.95. The summed E-state index contributed by atoms with van der Waals surface area (Å²) in [5, 5.41) is 1.87. The van der Waals surface area contributed by atoms with Gasteiger partial charge in [0.25, 0.3) is 0 Å². The second kappa shape index (κ2) is 6.75. The summed E-state index contributed by atoms with van der Waals surface area (Å²) in [6.07, 6.45) is 2.63. The Morgan fingerprint density at radius 2 is 2.08 bits per heavy atom. The van der Waals surface area contributed by atoms with Crippen molar-refractivity contribution in [2.45, 2.75) is 19.6 Å². The number of benzene rings is 1. The second-order valence-corrected chi connectivity index (χ2v) is 7.18. The van der Waals surface area contributed by atoms with Crippen molar-refractivity contribution in [3.63, 3.8) is 0 Å². The fraction of sp³-hybridized carbons (Fsp3) is 0.286. The van der Waals surface area contributed by atoms with Gasteiger partial charge in [0, 0.05) is 54.4 Å². The lowest BCUT2D eigenvalue weighted by molar-refractivity contribution is 0.310. The van der Waals surface area contributed by atoms with Crippen LogP contribution in [0.3, 0.4) is 0 Å². The molecule has 132 valence electrons. The van der Waals surface area contributed by atoms with Crippen LogP contribution in [0.5, 0.6) is 0 Å². The third-order valence-corrected chi connectivity index (χ3v) is 5.17. The van der Waals surface area contributed by atoms with Gasteiger partial charge in [0.1, 0.15) is 6.67 Å². The molecule has 0 saturated heterocycles. The molecule has 0 atom stereocenters. The van der Waals surface area contributed by atoms with Crippen LogP contribution in [-0.4, -0.2) is 28.0 Å². The first-order valence-electron chi connectivity index (χ1n) is 8.58. The Bertz CT molecular complexity index is 1040. The van der Waals surface area contributed by atoms with E-state index in [-0.39, 0.29) is 0 Å². The molecule has 0 bridgehead atoms. The standard InChI is InChI=1S/C21H19ClFN3/c1-25-8-7-20-19(13-25)18-10-16(22)9-15(21(18)26(20)2)5-3-14-4-6-17(11-23)24-12-14/h4,6,9-10,12H,7-8,11,13H2,1-2H3. The summed E-state index contributed by atoms with van der Waals surface area (Å²) in [5.74, 6) is 6.37. The van der Waals surface area contributed by atoms with Crippen LogP contribution in [-0.2, 0) is 26.7 Å². The van der Waals surface area contributed by atoms with Gasteiger partial charge in [-0.05, 0) is 36.9 Å². The second-order valence-electron chi connectivity index (χ2n) is 6.74. The third kappa shape index (κ3) is 2.98. The Labute approximate surface area is 157 Å². The van der Waals surface area contributed by atoms with Crippen LogP contribution in [0.2, 0.25) is 5.02 Å². The number of nitrogens with zero attached hydrogens (tertiary/aromatic N) is 3. The Balaban J connectivity index is 1.84. The van der Waals surface area contributed by atoms with Crippen LogP contribution >= 0.6 is 11.6 Å². The molecule has 2 aromatic heterocycles. The summed E-state index contributed by atoms with van der Waals surface area (Å²) in [6, 6.07) is 7.41. The van der Waals surface area contributed by atoms with E-state index in [2.05, 4.69) is 40.4 Å². The lowest BCUT2D eigenvalue weighted by Crippen LogP contribution is -2.26. The Hall–Kier alpha value is -2.35. The minimum atomic E-state index is -0.564. The minimum Gasteiger partial charge on any atom is -0.346 e. The van der Waals surface area contributed by atoms with E-state index < -0.39 is 6.67 Å². The summed E-state index contributed by atoms with van der Waals surface area (Å²) in [6.45, 7) is 1.42. The zero-order chi connectivity index (χ0) is 18.3. The zero-order valence-corrected chi connectivity index (χ0v) is 15.6. The van der Waals surface area contributed by atoms with Crippen LogP contribution in [0.1, 0.15) is 28.1 Å². The molecule has 0 aliphatic carbocycles. The van der Waals surface area contributed by atoms with Gasteiger partial charge in [-0.2, -0.15) is 0 Å². The maximum Gasteiger partial charge on any atom is 0.131 e. The van der Waals surface area contributed by atoms with E-state index >= 15 is 0 Å². The monoisotopic (exact) mass is 367 g/mol. The van der Waals surface area contributed by atoms with Gasteiger partial charge in [-0.1, -0.05) is 23.4 Å². The molecule has 3 aromatic rings. The van der Waals surface area contributed by atoms with E-state index in [4.69, 9.17) is 11.6 Å². The highest BCUT2D eigenvalue weighted by Gasteiger charge is 2.22. The number of hydrogen-bond acceptors (Lipinski definition) is 2. The first-order valence-corrected chi connectivity index (χ1v) is 8.95. The fourth-order valence-corrected chi connectivity index (χ4v) is 3.85. The maximum absolute atomic E-state index is 12.6. The Morgan fingerprint density at radius 1 is 1.23 bits per heavy atom. The van der Waals surface area contributed by atoms with Crippen molar-refractivity contribution in [1.82, 2.24) is 14.5 Å². The molecule has 3 heterocycles. The SMILES string of the molecule is CN1CCc2c(c3cc(Cl)cc(C#Cc4ccc(CF)nc4)c3n2C)C1. The molecule has 1 aromatic carbocycles. The number of aromatic nitrogens is 2. The first-order chi connectivity index (χ1) is 12.6. The van der Waals surface area contributed by atoms with Gasteiger partial charge >= 0.3 is 0 Å². The van der Waals surface area contributed by atoms with Crippen LogP contribution in [0.4, 0.5) is 4.39 Å². The summed E-state index contributed by atoms with van der Waals surface area (Å²) < 4.78 is 14.8. The number of likely N-dealkylation sites (N-methyl/N-ethyl adjacent to an activating group) is 1. The van der Waals surface area contributed by atoms with Gasteiger partial charge in [0.2, 0.25) is 0 Å². The van der Waals surface area contributed by atoms with Crippen molar-refractivity contribution in [1.29, 1.82) is 0 Å². The van der Waals surface area contributed by atoms with Gasteiger partial charge in [0.05, 0.1) is 16.8 Å². The van der Waals surface area contributed by atoms with Gasteiger partial charge in [-0.15, -0.1) is 0 Å². The number of alkyl halides is 1. The predicted molar refractivity (Wildman–Crippen MR) is 103 cm³/mol. The average molecular weight is 368 g/mol. The van der Waals surface area contributed by atoms with E-state index in [9.17, 15) is 4.39 Å². The Morgan fingerprint density at radius 3 is 2.81 bits per heavy atom. The van der Waals surface area contributed by atoms with E-state index in [1.54, 1.807) is 18.3 Å². The molecule has 0 saturated carbocycles. The summed E-state index contributed by atoms with van der Waals surface area (Å²) >= 11 is 6.39. The quantitative estimate of drug-likeness (QED) is 0.604. The van der Waals surface area contributed by atoms with Crippen LogP contribution in [0, 0.1) is 11.8 Å². The van der Waals surface area contributed by atoms with Gasteiger partial charge in [-0.25, -0.2) is 4.39 Å². The van der Waals surface area contributed by atoms with Gasteiger partial charge in [0.15, 0.2) is 0 Å². The van der Waals surface area contributed by atoms with E-state index in [0.717, 1.165) is 36.2 Å². The molecule has 0 spiro atoms. The molecule has 0 fully saturated rings. The number of fused-ring (bicyclic) bond motifs is 3. The predicted octanol–water partition coefficient (Wildman–Crippen LogP) is 4.08. The van der Waals surface area contributed by atoms with Crippen LogP contribution in [0.25, 0.3) is 10.9 Å². The normalized spacial score (nSPS) is 14.2. The number of halogens is 2. The van der Waals surface area contributed by atoms with E-state index in [1.807, 2.05) is 12.1 Å². The number of pyridine rings is 1. The molecule has 0 radical (unpaired) electrons. The number of rotatable bonds is 1. The summed E-state index contributed by atoms with van der Waals surface area (Å²) in [5.41, 5.74) is 5.90. The van der Waals surface area contributed by atoms with Crippen molar-refractivity contribution >= 4 is 22.5 Å².